The first kappa shape index (κ1) is 12.7. The van der Waals surface area contributed by atoms with Crippen LogP contribution in [0, 0.1) is 0 Å². The lowest BCUT2D eigenvalue weighted by Gasteiger charge is -2.10. The van der Waals surface area contributed by atoms with E-state index in [1.165, 1.54) is 5.56 Å². The van der Waals surface area contributed by atoms with E-state index >= 15 is 0 Å². The highest BCUT2D eigenvalue weighted by Gasteiger charge is 2.14. The third-order valence-corrected chi connectivity index (χ3v) is 4.24. The molecule has 0 amide bonds. The van der Waals surface area contributed by atoms with Gasteiger partial charge in [-0.25, -0.2) is 0 Å². The minimum atomic E-state index is -0.681. The average molecular weight is 254 g/mol. The van der Waals surface area contributed by atoms with Crippen molar-refractivity contribution >= 4 is 11.2 Å². The van der Waals surface area contributed by atoms with E-state index in [1.54, 1.807) is 0 Å². The Morgan fingerprint density at radius 1 is 1.35 bits per heavy atom. The molecular weight excluding hydrogens is 236 g/mol. The van der Waals surface area contributed by atoms with Gasteiger partial charge in [0.1, 0.15) is 18.1 Å². The standard InChI is InChI=1S/C13H18O3S/c1-2-3-7-17(14)8-6-11-4-5-13-12(9-11)10-15-16-13/h4-5,9H,2-3,6-8,10H2,1H3. The van der Waals surface area contributed by atoms with Gasteiger partial charge in [0.25, 0.3) is 0 Å². The van der Waals surface area contributed by atoms with Crippen LogP contribution in [0.1, 0.15) is 30.9 Å². The zero-order chi connectivity index (χ0) is 12.1. The summed E-state index contributed by atoms with van der Waals surface area (Å²) < 4.78 is 11.7. The van der Waals surface area contributed by atoms with Gasteiger partial charge in [0.05, 0.1) is 0 Å². The minimum Gasteiger partial charge on any atom is -0.616 e. The van der Waals surface area contributed by atoms with Gasteiger partial charge in [-0.05, 0) is 24.1 Å². The lowest BCUT2D eigenvalue weighted by molar-refractivity contribution is -0.194. The highest BCUT2D eigenvalue weighted by atomic mass is 32.2. The number of benzene rings is 1. The number of hydrogen-bond donors (Lipinski definition) is 0. The molecule has 1 heterocycles. The van der Waals surface area contributed by atoms with E-state index in [0.29, 0.717) is 6.61 Å². The van der Waals surface area contributed by atoms with Crippen LogP contribution in [0.15, 0.2) is 18.2 Å². The zero-order valence-corrected chi connectivity index (χ0v) is 10.9. The molecule has 94 valence electrons. The van der Waals surface area contributed by atoms with E-state index in [0.717, 1.165) is 42.1 Å². The van der Waals surface area contributed by atoms with Crippen molar-refractivity contribution in [3.63, 3.8) is 0 Å². The molecule has 0 N–H and O–H groups in total. The summed E-state index contributed by atoms with van der Waals surface area (Å²) in [4.78, 5) is 9.86. The molecule has 1 aromatic rings. The highest BCUT2D eigenvalue weighted by Crippen LogP contribution is 2.26. The maximum absolute atomic E-state index is 11.7. The number of hydrogen-bond acceptors (Lipinski definition) is 3. The lowest BCUT2D eigenvalue weighted by Crippen LogP contribution is -2.13. The third-order valence-electron chi connectivity index (χ3n) is 2.83. The Kier molecular flexibility index (Phi) is 4.71. The zero-order valence-electron chi connectivity index (χ0n) is 10.1. The topological polar surface area (TPSA) is 41.5 Å². The van der Waals surface area contributed by atoms with Crippen LogP contribution in [0.2, 0.25) is 0 Å². The van der Waals surface area contributed by atoms with Crippen LogP contribution in [0.25, 0.3) is 0 Å². The number of fused-ring (bicyclic) bond motifs is 1. The second-order valence-electron chi connectivity index (χ2n) is 4.24. The molecule has 1 aromatic carbocycles. The maximum atomic E-state index is 11.7. The molecule has 0 fully saturated rings. The van der Waals surface area contributed by atoms with Gasteiger partial charge in [-0.3, -0.25) is 0 Å². The first-order chi connectivity index (χ1) is 8.29. The van der Waals surface area contributed by atoms with Gasteiger partial charge in [-0.2, -0.15) is 4.89 Å². The first-order valence-corrected chi connectivity index (χ1v) is 7.54. The van der Waals surface area contributed by atoms with E-state index < -0.39 is 11.2 Å². The Balaban J connectivity index is 1.83. The summed E-state index contributed by atoms with van der Waals surface area (Å²) in [6, 6.07) is 6.02. The van der Waals surface area contributed by atoms with Crippen molar-refractivity contribution in [2.24, 2.45) is 0 Å². The Labute approximate surface area is 105 Å². The van der Waals surface area contributed by atoms with Crippen molar-refractivity contribution in [3.05, 3.63) is 29.3 Å². The van der Waals surface area contributed by atoms with E-state index in [1.807, 2.05) is 12.1 Å². The molecule has 1 atom stereocenters. The lowest BCUT2D eigenvalue weighted by atomic mass is 10.1. The fourth-order valence-corrected chi connectivity index (χ4v) is 3.06. The molecular formula is C13H18O3S. The van der Waals surface area contributed by atoms with Crippen molar-refractivity contribution in [1.82, 2.24) is 0 Å². The molecule has 1 aliphatic heterocycles. The first-order valence-electron chi connectivity index (χ1n) is 6.06. The van der Waals surface area contributed by atoms with E-state index in [9.17, 15) is 4.55 Å². The van der Waals surface area contributed by atoms with Crippen molar-refractivity contribution in [2.75, 3.05) is 11.5 Å². The van der Waals surface area contributed by atoms with Gasteiger partial charge in [0.15, 0.2) is 5.75 Å². The Morgan fingerprint density at radius 2 is 2.24 bits per heavy atom. The van der Waals surface area contributed by atoms with Gasteiger partial charge < -0.3 is 9.44 Å². The predicted molar refractivity (Wildman–Crippen MR) is 68.3 cm³/mol. The minimum absolute atomic E-state index is 0.516. The smallest absolute Gasteiger partial charge is 0.171 e. The molecule has 0 spiro atoms. The summed E-state index contributed by atoms with van der Waals surface area (Å²) in [5.74, 6) is 2.38. The van der Waals surface area contributed by atoms with E-state index in [-0.39, 0.29) is 0 Å². The molecule has 2 rings (SSSR count). The fourth-order valence-electron chi connectivity index (χ4n) is 1.78. The second-order valence-corrected chi connectivity index (χ2v) is 5.94. The number of aryl methyl sites for hydroxylation is 1. The van der Waals surface area contributed by atoms with Crippen molar-refractivity contribution < 1.29 is 14.3 Å². The maximum Gasteiger partial charge on any atom is 0.171 e. The van der Waals surface area contributed by atoms with Gasteiger partial charge >= 0.3 is 0 Å². The molecule has 4 heteroatoms. The molecule has 0 aromatic heterocycles. The number of unbranched alkanes of at least 4 members (excludes halogenated alkanes) is 1. The molecule has 0 radical (unpaired) electrons. The summed E-state index contributed by atoms with van der Waals surface area (Å²) in [7, 11) is 0. The Bertz CT molecular complexity index is 368. The molecule has 0 aliphatic carbocycles. The van der Waals surface area contributed by atoms with Crippen LogP contribution in [-0.2, 0) is 29.1 Å². The van der Waals surface area contributed by atoms with Crippen LogP contribution in [-0.4, -0.2) is 16.1 Å². The van der Waals surface area contributed by atoms with E-state index in [2.05, 4.69) is 13.0 Å². The Hall–Kier alpha value is -0.710. The largest absolute Gasteiger partial charge is 0.616 e. The molecule has 0 bridgehead atoms. The van der Waals surface area contributed by atoms with Gasteiger partial charge in [-0.15, -0.1) is 0 Å². The van der Waals surface area contributed by atoms with Crippen LogP contribution in [0.3, 0.4) is 0 Å². The van der Waals surface area contributed by atoms with Gasteiger partial charge in [0.2, 0.25) is 0 Å². The molecule has 0 saturated carbocycles. The summed E-state index contributed by atoms with van der Waals surface area (Å²) in [6.07, 6.45) is 3.03. The van der Waals surface area contributed by atoms with E-state index in [4.69, 9.17) is 9.78 Å². The quantitative estimate of drug-likeness (QED) is 0.579. The summed E-state index contributed by atoms with van der Waals surface area (Å²) in [5.41, 5.74) is 2.30. The predicted octanol–water partition coefficient (Wildman–Crippen LogP) is 2.60. The second kappa shape index (κ2) is 6.28. The monoisotopic (exact) mass is 254 g/mol. The molecule has 1 unspecified atom stereocenters. The molecule has 1 aliphatic rings. The van der Waals surface area contributed by atoms with Crippen molar-refractivity contribution in [2.45, 2.75) is 32.8 Å². The van der Waals surface area contributed by atoms with Gasteiger partial charge in [-0.1, -0.05) is 30.6 Å². The fraction of sp³-hybridized carbons (Fsp3) is 0.538. The molecule has 3 nitrogen and oxygen atoms in total. The van der Waals surface area contributed by atoms with Crippen LogP contribution < -0.4 is 4.89 Å². The van der Waals surface area contributed by atoms with Crippen LogP contribution in [0.5, 0.6) is 5.75 Å². The third kappa shape index (κ3) is 3.63. The Morgan fingerprint density at radius 3 is 3.06 bits per heavy atom. The number of rotatable bonds is 6. The van der Waals surface area contributed by atoms with Crippen molar-refractivity contribution in [3.8, 4) is 5.75 Å². The SMILES string of the molecule is CCCC[S+]([O-])CCc1ccc2c(c1)COO2. The van der Waals surface area contributed by atoms with Crippen LogP contribution in [0.4, 0.5) is 0 Å². The summed E-state index contributed by atoms with van der Waals surface area (Å²) in [5, 5.41) is 0. The average Bonchev–Trinajstić information content (AvgIpc) is 2.81. The summed E-state index contributed by atoms with van der Waals surface area (Å²) >= 11 is -0.681. The molecule has 17 heavy (non-hydrogen) atoms. The summed E-state index contributed by atoms with van der Waals surface area (Å²) in [6.45, 7) is 2.64. The highest BCUT2D eigenvalue weighted by molar-refractivity contribution is 7.91. The normalized spacial score (nSPS) is 15.4. The van der Waals surface area contributed by atoms with Gasteiger partial charge in [0, 0.05) is 12.0 Å². The van der Waals surface area contributed by atoms with Crippen LogP contribution >= 0.6 is 0 Å². The van der Waals surface area contributed by atoms with Crippen molar-refractivity contribution in [1.29, 1.82) is 0 Å². The molecule has 0 saturated heterocycles.